The minimum Gasteiger partial charge on any atom is -0.508 e. The van der Waals surface area contributed by atoms with Gasteiger partial charge in [-0.15, -0.1) is 0 Å². The van der Waals surface area contributed by atoms with Crippen molar-refractivity contribution in [3.05, 3.63) is 59.7 Å². The van der Waals surface area contributed by atoms with E-state index < -0.39 is 11.2 Å². The SMILES string of the molecule is C.CCC(O)(c1cccc(O)c1)C(C)CN(C)C.CCC(O)(c1cccc(OC)c1)C(C)CN(C)C. The van der Waals surface area contributed by atoms with E-state index in [1.807, 2.05) is 79.3 Å². The number of phenolic OH excluding ortho intramolecular Hbond substituents is 1. The molecule has 0 saturated carbocycles. The maximum Gasteiger partial charge on any atom is 0.119 e. The highest BCUT2D eigenvalue weighted by Crippen LogP contribution is 2.36. The molecule has 0 aliphatic heterocycles. The molecule has 0 radical (unpaired) electrons. The molecule has 6 nitrogen and oxygen atoms in total. The minimum absolute atomic E-state index is 0. The van der Waals surface area contributed by atoms with E-state index in [1.165, 1.54) is 0 Å². The lowest BCUT2D eigenvalue weighted by atomic mass is 9.80. The zero-order chi connectivity index (χ0) is 26.8. The van der Waals surface area contributed by atoms with Gasteiger partial charge in [0.2, 0.25) is 0 Å². The summed E-state index contributed by atoms with van der Waals surface area (Å²) in [4.78, 5) is 4.17. The van der Waals surface area contributed by atoms with Crippen molar-refractivity contribution in [1.82, 2.24) is 9.80 Å². The van der Waals surface area contributed by atoms with Crippen molar-refractivity contribution in [1.29, 1.82) is 0 Å². The second kappa shape index (κ2) is 15.2. The fraction of sp³-hybridized carbons (Fsp3) is 0.600. The highest BCUT2D eigenvalue weighted by atomic mass is 16.5. The predicted molar refractivity (Wildman–Crippen MR) is 152 cm³/mol. The van der Waals surface area contributed by atoms with E-state index in [9.17, 15) is 15.3 Å². The number of ether oxygens (including phenoxy) is 1. The second-order valence-corrected chi connectivity index (χ2v) is 10.2. The van der Waals surface area contributed by atoms with E-state index in [-0.39, 0.29) is 25.0 Å². The first kappa shape index (κ1) is 33.9. The molecule has 0 aliphatic carbocycles. The van der Waals surface area contributed by atoms with Crippen molar-refractivity contribution in [2.45, 2.75) is 59.2 Å². The molecule has 2 rings (SSSR count). The zero-order valence-electron chi connectivity index (χ0n) is 23.2. The number of phenols is 1. The van der Waals surface area contributed by atoms with Gasteiger partial charge >= 0.3 is 0 Å². The van der Waals surface area contributed by atoms with Crippen LogP contribution in [0.2, 0.25) is 0 Å². The third-order valence-electron chi connectivity index (χ3n) is 6.90. The molecule has 2 aromatic carbocycles. The molecule has 6 heteroatoms. The quantitative estimate of drug-likeness (QED) is 0.385. The van der Waals surface area contributed by atoms with Crippen molar-refractivity contribution >= 4 is 0 Å². The number of hydrogen-bond acceptors (Lipinski definition) is 6. The average Bonchev–Trinajstić information content (AvgIpc) is 2.82. The molecule has 206 valence electrons. The average molecular weight is 505 g/mol. The highest BCUT2D eigenvalue weighted by molar-refractivity contribution is 5.33. The Morgan fingerprint density at radius 2 is 1.19 bits per heavy atom. The van der Waals surface area contributed by atoms with Gasteiger partial charge in [-0.1, -0.05) is 59.4 Å². The van der Waals surface area contributed by atoms with Gasteiger partial charge in [-0.2, -0.15) is 0 Å². The molecule has 0 fully saturated rings. The summed E-state index contributed by atoms with van der Waals surface area (Å²) >= 11 is 0. The molecule has 4 unspecified atom stereocenters. The number of hydrogen-bond donors (Lipinski definition) is 3. The number of methoxy groups -OCH3 is 1. The van der Waals surface area contributed by atoms with E-state index in [4.69, 9.17) is 4.74 Å². The molecular formula is C30H52N2O4. The largest absolute Gasteiger partial charge is 0.508 e. The van der Waals surface area contributed by atoms with Crippen LogP contribution in [-0.2, 0) is 11.2 Å². The molecule has 0 heterocycles. The molecule has 2 aromatic rings. The van der Waals surface area contributed by atoms with E-state index in [0.717, 1.165) is 30.0 Å². The van der Waals surface area contributed by atoms with Crippen LogP contribution in [0.15, 0.2) is 48.5 Å². The van der Waals surface area contributed by atoms with Gasteiger partial charge in [0.25, 0.3) is 0 Å². The summed E-state index contributed by atoms with van der Waals surface area (Å²) < 4.78 is 5.23. The van der Waals surface area contributed by atoms with Crippen molar-refractivity contribution in [2.75, 3.05) is 48.4 Å². The second-order valence-electron chi connectivity index (χ2n) is 10.2. The molecule has 0 aliphatic rings. The highest BCUT2D eigenvalue weighted by Gasteiger charge is 2.35. The Labute approximate surface area is 220 Å². The van der Waals surface area contributed by atoms with Crippen LogP contribution < -0.4 is 4.74 Å². The topological polar surface area (TPSA) is 76.4 Å². The van der Waals surface area contributed by atoms with E-state index in [0.29, 0.717) is 12.8 Å². The van der Waals surface area contributed by atoms with Gasteiger partial charge in [0.15, 0.2) is 0 Å². The first-order valence-corrected chi connectivity index (χ1v) is 12.5. The lowest BCUT2D eigenvalue weighted by molar-refractivity contribution is -0.0294. The standard InChI is InChI=1S/C15H25NO2.C14H23NO2.CH4/c1-6-15(17,12(2)11-16(3)4)13-8-7-9-14(10-13)18-5;1-5-14(17,11(2)10-15(3)4)12-7-6-8-13(16)9-12;/h7-10,12,17H,6,11H2,1-5H3;6-9,11,16-17H,5,10H2,1-4H3;1H4. The smallest absolute Gasteiger partial charge is 0.119 e. The summed E-state index contributed by atoms with van der Waals surface area (Å²) in [5.41, 5.74) is 0.0231. The van der Waals surface area contributed by atoms with Crippen LogP contribution >= 0.6 is 0 Å². The third-order valence-corrected chi connectivity index (χ3v) is 6.90. The monoisotopic (exact) mass is 504 g/mol. The molecule has 0 spiro atoms. The van der Waals surface area contributed by atoms with Gasteiger partial charge < -0.3 is 29.9 Å². The Kier molecular flexibility index (Phi) is 14.3. The van der Waals surface area contributed by atoms with Crippen molar-refractivity contribution in [2.24, 2.45) is 11.8 Å². The van der Waals surface area contributed by atoms with Gasteiger partial charge in [-0.3, -0.25) is 0 Å². The molecule has 36 heavy (non-hydrogen) atoms. The Morgan fingerprint density at radius 3 is 1.56 bits per heavy atom. The Balaban J connectivity index is 0.000000663. The maximum absolute atomic E-state index is 10.9. The first-order valence-electron chi connectivity index (χ1n) is 12.5. The zero-order valence-corrected chi connectivity index (χ0v) is 23.2. The fourth-order valence-electron chi connectivity index (χ4n) is 4.74. The third kappa shape index (κ3) is 9.07. The van der Waals surface area contributed by atoms with Gasteiger partial charge in [0, 0.05) is 24.9 Å². The molecule has 4 atom stereocenters. The van der Waals surface area contributed by atoms with Gasteiger partial charge in [0.1, 0.15) is 11.5 Å². The molecule has 0 saturated heterocycles. The number of aliphatic hydroxyl groups is 2. The van der Waals surface area contributed by atoms with Crippen LogP contribution in [-0.4, -0.2) is 73.5 Å². The Hall–Kier alpha value is -2.12. The van der Waals surface area contributed by atoms with E-state index in [1.54, 1.807) is 25.3 Å². The lowest BCUT2D eigenvalue weighted by Gasteiger charge is -2.35. The number of aromatic hydroxyl groups is 1. The minimum atomic E-state index is -0.886. The fourth-order valence-corrected chi connectivity index (χ4v) is 4.74. The summed E-state index contributed by atoms with van der Waals surface area (Å²) in [7, 11) is 9.69. The van der Waals surface area contributed by atoms with Crippen LogP contribution in [0.3, 0.4) is 0 Å². The van der Waals surface area contributed by atoms with Crippen LogP contribution in [0, 0.1) is 11.8 Å². The van der Waals surface area contributed by atoms with E-state index in [2.05, 4.69) is 16.7 Å². The number of rotatable bonds is 11. The Bertz CT molecular complexity index is 889. The summed E-state index contributed by atoms with van der Waals surface area (Å²) in [5.74, 6) is 1.25. The van der Waals surface area contributed by atoms with Crippen LogP contribution in [0.1, 0.15) is 59.1 Å². The van der Waals surface area contributed by atoms with Gasteiger partial charge in [0.05, 0.1) is 18.3 Å². The summed E-state index contributed by atoms with van der Waals surface area (Å²) in [6.45, 7) is 9.76. The summed E-state index contributed by atoms with van der Waals surface area (Å²) in [5, 5.41) is 31.3. The summed E-state index contributed by atoms with van der Waals surface area (Å²) in [6.07, 6.45) is 1.32. The van der Waals surface area contributed by atoms with E-state index >= 15 is 0 Å². The summed E-state index contributed by atoms with van der Waals surface area (Å²) in [6, 6.07) is 14.6. The van der Waals surface area contributed by atoms with Crippen molar-refractivity contribution in [3.8, 4) is 11.5 Å². The van der Waals surface area contributed by atoms with Crippen LogP contribution in [0.25, 0.3) is 0 Å². The predicted octanol–water partition coefficient (Wildman–Crippen LogP) is 5.31. The van der Waals surface area contributed by atoms with Crippen molar-refractivity contribution < 1.29 is 20.1 Å². The Morgan fingerprint density at radius 1 is 0.778 bits per heavy atom. The number of nitrogens with zero attached hydrogens (tertiary/aromatic N) is 2. The molecule has 0 bridgehead atoms. The molecular weight excluding hydrogens is 452 g/mol. The van der Waals surface area contributed by atoms with Crippen LogP contribution in [0.4, 0.5) is 0 Å². The lowest BCUT2D eigenvalue weighted by Crippen LogP contribution is -2.38. The van der Waals surface area contributed by atoms with Gasteiger partial charge in [-0.25, -0.2) is 0 Å². The van der Waals surface area contributed by atoms with Crippen molar-refractivity contribution in [3.63, 3.8) is 0 Å². The maximum atomic E-state index is 10.9. The first-order chi connectivity index (χ1) is 16.3. The normalized spacial score (nSPS) is 16.1. The van der Waals surface area contributed by atoms with Crippen LogP contribution in [0.5, 0.6) is 11.5 Å². The molecule has 3 N–H and O–H groups in total. The molecule has 0 amide bonds. The van der Waals surface area contributed by atoms with Gasteiger partial charge in [-0.05, 0) is 76.4 Å². The number of benzene rings is 2. The molecule has 0 aromatic heterocycles.